The molecular weight excluding hydrogens is 653 g/mol. The topological polar surface area (TPSA) is 17.1 Å². The molecule has 0 aliphatic heterocycles. The van der Waals surface area contributed by atoms with Crippen molar-refractivity contribution in [1.82, 2.24) is 0 Å². The number of hydrogen-bond acceptors (Lipinski definition) is 1. The van der Waals surface area contributed by atoms with Crippen molar-refractivity contribution in [2.45, 2.75) is 10.8 Å². The van der Waals surface area contributed by atoms with Crippen LogP contribution in [-0.2, 0) is 10.8 Å². The first kappa shape index (κ1) is 30.8. The van der Waals surface area contributed by atoms with Gasteiger partial charge in [0.15, 0.2) is 5.78 Å². The summed E-state index contributed by atoms with van der Waals surface area (Å²) in [6, 6.07) is 54.1. The van der Waals surface area contributed by atoms with E-state index in [1.165, 1.54) is 50.1 Å². The standard InChI is InChI=1S/C53H34O/c1-4-32-23-26-40-42-28-25-34(31-50(42)53(48(40)29-32)46-21-13-8-16-37(46)38-17-9-14-22-47(38)53)51(54)33-24-27-41-39-18-10-12-20-45(39)52(49(41)30-33)43(6-3)35(5-2)36-15-7-11-19-44(36)52/h4-31H,1-3H2. The first-order valence-electron chi connectivity index (χ1n) is 18.6. The maximum absolute atomic E-state index is 15.0. The van der Waals surface area contributed by atoms with E-state index in [9.17, 15) is 0 Å². The third kappa shape index (κ3) is 3.52. The van der Waals surface area contributed by atoms with Crippen molar-refractivity contribution in [1.29, 1.82) is 0 Å². The summed E-state index contributed by atoms with van der Waals surface area (Å²) in [4.78, 5) is 15.0. The molecule has 4 aliphatic rings. The summed E-state index contributed by atoms with van der Waals surface area (Å²) in [6.07, 6.45) is 5.87. The number of hydrogen-bond donors (Lipinski definition) is 0. The Morgan fingerprint density at radius 1 is 0.389 bits per heavy atom. The Labute approximate surface area is 315 Å². The molecular formula is C53H34O. The number of benzene rings is 7. The second kappa shape index (κ2) is 10.9. The van der Waals surface area contributed by atoms with E-state index in [-0.39, 0.29) is 5.78 Å². The van der Waals surface area contributed by atoms with Crippen molar-refractivity contribution in [3.05, 3.63) is 250 Å². The number of carbonyl (C=O) groups is 1. The molecule has 0 amide bonds. The van der Waals surface area contributed by atoms with Crippen molar-refractivity contribution < 1.29 is 4.79 Å². The number of ketones is 1. The molecule has 0 saturated heterocycles. The molecule has 252 valence electrons. The molecule has 0 aromatic heterocycles. The second-order valence-corrected chi connectivity index (χ2v) is 14.8. The largest absolute Gasteiger partial charge is 0.289 e. The average molecular weight is 687 g/mol. The van der Waals surface area contributed by atoms with Gasteiger partial charge in [0.05, 0.1) is 10.8 Å². The third-order valence-electron chi connectivity index (χ3n) is 12.6. The van der Waals surface area contributed by atoms with Crippen LogP contribution in [0.4, 0.5) is 0 Å². The van der Waals surface area contributed by atoms with Crippen molar-refractivity contribution in [3.8, 4) is 33.4 Å². The molecule has 1 heteroatoms. The molecule has 0 bridgehead atoms. The minimum absolute atomic E-state index is 0.00326. The summed E-state index contributed by atoms with van der Waals surface area (Å²) in [5.74, 6) is 0.00326. The van der Waals surface area contributed by atoms with Crippen molar-refractivity contribution in [2.24, 2.45) is 0 Å². The molecule has 2 spiro atoms. The molecule has 1 nitrogen and oxygen atoms in total. The highest BCUT2D eigenvalue weighted by Crippen LogP contribution is 2.64. The van der Waals surface area contributed by atoms with Gasteiger partial charge in [-0.2, -0.15) is 0 Å². The van der Waals surface area contributed by atoms with Crippen LogP contribution in [0.2, 0.25) is 0 Å². The summed E-state index contributed by atoms with van der Waals surface area (Å²) >= 11 is 0. The van der Waals surface area contributed by atoms with Crippen LogP contribution >= 0.6 is 0 Å². The minimum atomic E-state index is -0.603. The van der Waals surface area contributed by atoms with Crippen molar-refractivity contribution in [3.63, 3.8) is 0 Å². The van der Waals surface area contributed by atoms with Gasteiger partial charge in [-0.1, -0.05) is 171 Å². The van der Waals surface area contributed by atoms with Gasteiger partial charge in [-0.05, 0) is 113 Å². The maximum Gasteiger partial charge on any atom is 0.193 e. The molecule has 0 radical (unpaired) electrons. The van der Waals surface area contributed by atoms with Crippen LogP contribution in [0.3, 0.4) is 0 Å². The molecule has 7 aromatic rings. The van der Waals surface area contributed by atoms with Crippen molar-refractivity contribution >= 4 is 17.4 Å². The van der Waals surface area contributed by atoms with E-state index < -0.39 is 10.8 Å². The Kier molecular flexibility index (Phi) is 6.18. The highest BCUT2D eigenvalue weighted by molar-refractivity contribution is 6.11. The first-order chi connectivity index (χ1) is 26.6. The number of allylic oxidation sites excluding steroid dienone is 4. The van der Waals surface area contributed by atoms with Crippen LogP contribution in [0.25, 0.3) is 45.0 Å². The van der Waals surface area contributed by atoms with Gasteiger partial charge in [0.2, 0.25) is 0 Å². The highest BCUT2D eigenvalue weighted by atomic mass is 16.1. The van der Waals surface area contributed by atoms with Crippen molar-refractivity contribution in [2.75, 3.05) is 0 Å². The Morgan fingerprint density at radius 3 is 1.30 bits per heavy atom. The number of rotatable bonds is 5. The predicted octanol–water partition coefficient (Wildman–Crippen LogP) is 12.4. The Bertz CT molecular complexity index is 2870. The Hall–Kier alpha value is -6.83. The fraction of sp³-hybridized carbons (Fsp3) is 0.0377. The SMILES string of the molecule is C=CC1=C(C=C)C2(c3ccccc31)c1ccccc1-c1ccc(C(=O)c3ccc4c(c3)C3(c5ccccc5-c5ccccc53)c3cc(C=C)ccc3-4)cc12. The quantitative estimate of drug-likeness (QED) is 0.165. The lowest BCUT2D eigenvalue weighted by atomic mass is 9.69. The molecule has 7 aromatic carbocycles. The molecule has 11 rings (SSSR count). The molecule has 0 heterocycles. The second-order valence-electron chi connectivity index (χ2n) is 14.8. The zero-order valence-corrected chi connectivity index (χ0v) is 29.7. The van der Waals surface area contributed by atoms with Crippen LogP contribution in [0, 0.1) is 0 Å². The lowest BCUT2D eigenvalue weighted by molar-refractivity contribution is 0.103. The zero-order valence-electron chi connectivity index (χ0n) is 29.7. The van der Waals surface area contributed by atoms with Gasteiger partial charge in [0.25, 0.3) is 0 Å². The fourth-order valence-corrected chi connectivity index (χ4v) is 10.6. The normalized spacial score (nSPS) is 17.0. The van der Waals surface area contributed by atoms with Gasteiger partial charge in [0, 0.05) is 11.1 Å². The van der Waals surface area contributed by atoms with E-state index in [1.54, 1.807) is 0 Å². The zero-order chi connectivity index (χ0) is 36.3. The summed E-state index contributed by atoms with van der Waals surface area (Å²) < 4.78 is 0. The van der Waals surface area contributed by atoms with Gasteiger partial charge in [0.1, 0.15) is 0 Å². The molecule has 54 heavy (non-hydrogen) atoms. The summed E-state index contributed by atoms with van der Waals surface area (Å²) in [5.41, 5.74) is 20.1. The molecule has 0 fully saturated rings. The van der Waals surface area contributed by atoms with Crippen LogP contribution in [0.1, 0.15) is 66.0 Å². The molecule has 4 aliphatic carbocycles. The average Bonchev–Trinajstić information content (AvgIpc) is 3.90. The summed E-state index contributed by atoms with van der Waals surface area (Å²) in [6.45, 7) is 12.7. The van der Waals surface area contributed by atoms with Gasteiger partial charge in [-0.25, -0.2) is 0 Å². The molecule has 1 unspecified atom stereocenters. The van der Waals surface area contributed by atoms with Gasteiger partial charge >= 0.3 is 0 Å². The first-order valence-corrected chi connectivity index (χ1v) is 18.6. The third-order valence-corrected chi connectivity index (χ3v) is 12.6. The van der Waals surface area contributed by atoms with Crippen LogP contribution in [0.15, 0.2) is 189 Å². The molecule has 0 saturated carbocycles. The predicted molar refractivity (Wildman–Crippen MR) is 222 cm³/mol. The lowest BCUT2D eigenvalue weighted by Gasteiger charge is -2.31. The number of fused-ring (bicyclic) bond motifs is 17. The minimum Gasteiger partial charge on any atom is -0.289 e. The van der Waals surface area contributed by atoms with Crippen LogP contribution in [0.5, 0.6) is 0 Å². The van der Waals surface area contributed by atoms with Gasteiger partial charge in [-0.3, -0.25) is 4.79 Å². The van der Waals surface area contributed by atoms with E-state index in [1.807, 2.05) is 30.4 Å². The lowest BCUT2D eigenvalue weighted by Crippen LogP contribution is -2.27. The van der Waals surface area contributed by atoms with E-state index in [0.717, 1.165) is 44.5 Å². The monoisotopic (exact) mass is 686 g/mol. The smallest absolute Gasteiger partial charge is 0.193 e. The maximum atomic E-state index is 15.0. The number of carbonyl (C=O) groups excluding carboxylic acids is 1. The van der Waals surface area contributed by atoms with E-state index in [0.29, 0.717) is 11.1 Å². The fourth-order valence-electron chi connectivity index (χ4n) is 10.6. The Morgan fingerprint density at radius 2 is 0.796 bits per heavy atom. The van der Waals surface area contributed by atoms with E-state index in [4.69, 9.17) is 0 Å². The van der Waals surface area contributed by atoms with Gasteiger partial charge in [-0.15, -0.1) is 0 Å². The van der Waals surface area contributed by atoms with E-state index >= 15 is 4.79 Å². The van der Waals surface area contributed by atoms with Crippen LogP contribution < -0.4 is 0 Å². The van der Waals surface area contributed by atoms with E-state index in [2.05, 4.69) is 159 Å². The summed E-state index contributed by atoms with van der Waals surface area (Å²) in [5, 5.41) is 0. The van der Waals surface area contributed by atoms with Crippen LogP contribution in [-0.4, -0.2) is 5.78 Å². The highest BCUT2D eigenvalue weighted by Gasteiger charge is 2.53. The summed E-state index contributed by atoms with van der Waals surface area (Å²) in [7, 11) is 0. The molecule has 1 atom stereocenters. The Balaban J connectivity index is 1.13. The molecule has 0 N–H and O–H groups in total. The van der Waals surface area contributed by atoms with Gasteiger partial charge < -0.3 is 0 Å².